The number of carbonyl (C=O) groups is 1. The number of nitrogens with zero attached hydrogens (tertiary/aromatic N) is 1. The van der Waals surface area contributed by atoms with Crippen molar-refractivity contribution >= 4 is 5.91 Å². The number of rotatable bonds is 4. The molecule has 1 unspecified atom stereocenters. The third kappa shape index (κ3) is 3.23. The van der Waals surface area contributed by atoms with Gasteiger partial charge in [0.05, 0.1) is 7.11 Å². The lowest BCUT2D eigenvalue weighted by Crippen LogP contribution is -2.34. The van der Waals surface area contributed by atoms with Crippen LogP contribution < -0.4 is 4.74 Å². The summed E-state index contributed by atoms with van der Waals surface area (Å²) in [5, 5.41) is 9.29. The highest BCUT2D eigenvalue weighted by molar-refractivity contribution is 5.80. The summed E-state index contributed by atoms with van der Waals surface area (Å²) in [4.78, 5) is 13.2. The van der Waals surface area contributed by atoms with Crippen LogP contribution in [-0.2, 0) is 11.3 Å². The molecule has 4 nitrogen and oxygen atoms in total. The molecule has 1 rings (SSSR count). The average molecular weight is 251 g/mol. The number of ether oxygens (including phenoxy) is 1. The van der Waals surface area contributed by atoms with Crippen molar-refractivity contribution in [2.75, 3.05) is 14.2 Å². The number of aryl methyl sites for hydroxylation is 2. The molecule has 0 radical (unpaired) electrons. The number of methoxy groups -OCH3 is 1. The van der Waals surface area contributed by atoms with E-state index in [1.165, 1.54) is 11.8 Å². The Morgan fingerprint density at radius 1 is 1.44 bits per heavy atom. The predicted molar refractivity (Wildman–Crippen MR) is 70.6 cm³/mol. The third-order valence-corrected chi connectivity index (χ3v) is 2.93. The van der Waals surface area contributed by atoms with E-state index in [4.69, 9.17) is 4.74 Å². The van der Waals surface area contributed by atoms with Crippen molar-refractivity contribution in [3.05, 3.63) is 28.8 Å². The van der Waals surface area contributed by atoms with Gasteiger partial charge >= 0.3 is 0 Å². The van der Waals surface area contributed by atoms with E-state index in [9.17, 15) is 9.90 Å². The van der Waals surface area contributed by atoms with Gasteiger partial charge in [0.15, 0.2) is 0 Å². The minimum Gasteiger partial charge on any atom is -0.496 e. The Balaban J connectivity index is 3.00. The Bertz CT molecular complexity index is 441. The Labute approximate surface area is 108 Å². The van der Waals surface area contributed by atoms with Crippen LogP contribution in [0.4, 0.5) is 0 Å². The number of amides is 1. The fraction of sp³-hybridized carbons (Fsp3) is 0.500. The molecule has 0 saturated carbocycles. The van der Waals surface area contributed by atoms with Gasteiger partial charge in [0.1, 0.15) is 11.9 Å². The number of carbonyl (C=O) groups excluding carboxylic acids is 1. The van der Waals surface area contributed by atoms with E-state index in [-0.39, 0.29) is 5.91 Å². The number of hydrogen-bond donors (Lipinski definition) is 1. The van der Waals surface area contributed by atoms with Gasteiger partial charge in [-0.1, -0.05) is 6.07 Å². The second-order valence-corrected chi connectivity index (χ2v) is 4.63. The minimum atomic E-state index is -0.980. The summed E-state index contributed by atoms with van der Waals surface area (Å²) < 4.78 is 5.35. The highest BCUT2D eigenvalue weighted by atomic mass is 16.5. The predicted octanol–water partition coefficient (Wildman–Crippen LogP) is 1.65. The number of likely N-dealkylation sites (N-methyl/N-ethyl adjacent to an activating group) is 1. The van der Waals surface area contributed by atoms with Gasteiger partial charge in [-0.15, -0.1) is 0 Å². The van der Waals surface area contributed by atoms with Crippen LogP contribution >= 0.6 is 0 Å². The highest BCUT2D eigenvalue weighted by Crippen LogP contribution is 2.25. The molecule has 1 aromatic rings. The molecule has 0 aliphatic carbocycles. The van der Waals surface area contributed by atoms with Crippen molar-refractivity contribution in [1.29, 1.82) is 0 Å². The van der Waals surface area contributed by atoms with E-state index >= 15 is 0 Å². The molecule has 1 atom stereocenters. The van der Waals surface area contributed by atoms with Crippen LogP contribution in [0.2, 0.25) is 0 Å². The lowest BCUT2D eigenvalue weighted by molar-refractivity contribution is -0.138. The molecule has 0 fully saturated rings. The van der Waals surface area contributed by atoms with Crippen LogP contribution in [0.3, 0.4) is 0 Å². The molecule has 0 aliphatic rings. The molecule has 4 heteroatoms. The van der Waals surface area contributed by atoms with E-state index in [0.29, 0.717) is 6.54 Å². The SMILES string of the molecule is COc1cc(C)cc(C)c1CN(C)C(=O)C(C)O. The standard InChI is InChI=1S/C14H21NO3/c1-9-6-10(2)12(13(7-9)18-5)8-15(4)14(17)11(3)16/h6-7,11,16H,8H2,1-5H3. The molecule has 1 N–H and O–H groups in total. The quantitative estimate of drug-likeness (QED) is 0.885. The zero-order chi connectivity index (χ0) is 13.9. The van der Waals surface area contributed by atoms with E-state index in [2.05, 4.69) is 6.07 Å². The van der Waals surface area contributed by atoms with Crippen LogP contribution in [0.15, 0.2) is 12.1 Å². The molecule has 0 aliphatic heterocycles. The van der Waals surface area contributed by atoms with Crippen LogP contribution in [0, 0.1) is 13.8 Å². The van der Waals surface area contributed by atoms with Gasteiger partial charge in [-0.05, 0) is 38.0 Å². The maximum absolute atomic E-state index is 11.7. The molecule has 0 heterocycles. The normalized spacial score (nSPS) is 12.1. The molecule has 1 amide bonds. The second kappa shape index (κ2) is 5.87. The van der Waals surface area contributed by atoms with Gasteiger partial charge < -0.3 is 14.7 Å². The zero-order valence-electron chi connectivity index (χ0n) is 11.7. The molecular formula is C14H21NO3. The summed E-state index contributed by atoms with van der Waals surface area (Å²) >= 11 is 0. The van der Waals surface area contributed by atoms with Gasteiger partial charge in [0, 0.05) is 19.2 Å². The van der Waals surface area contributed by atoms with Crippen molar-refractivity contribution in [3.63, 3.8) is 0 Å². The van der Waals surface area contributed by atoms with Crippen molar-refractivity contribution in [2.45, 2.75) is 33.4 Å². The summed E-state index contributed by atoms with van der Waals surface area (Å²) in [5.74, 6) is 0.481. The summed E-state index contributed by atoms with van der Waals surface area (Å²) in [6, 6.07) is 4.00. The topological polar surface area (TPSA) is 49.8 Å². The number of benzene rings is 1. The number of hydrogen-bond acceptors (Lipinski definition) is 3. The maximum Gasteiger partial charge on any atom is 0.251 e. The van der Waals surface area contributed by atoms with Gasteiger partial charge in [0.2, 0.25) is 0 Å². The first-order valence-electron chi connectivity index (χ1n) is 5.94. The van der Waals surface area contributed by atoms with E-state index < -0.39 is 6.10 Å². The van der Waals surface area contributed by atoms with Crippen LogP contribution in [0.25, 0.3) is 0 Å². The Hall–Kier alpha value is -1.55. The van der Waals surface area contributed by atoms with Crippen LogP contribution in [0.1, 0.15) is 23.6 Å². The zero-order valence-corrected chi connectivity index (χ0v) is 11.7. The van der Waals surface area contributed by atoms with E-state index in [1.807, 2.05) is 19.9 Å². The molecule has 0 spiro atoms. The van der Waals surface area contributed by atoms with Gasteiger partial charge in [-0.3, -0.25) is 4.79 Å². The minimum absolute atomic E-state index is 0.294. The summed E-state index contributed by atoms with van der Waals surface area (Å²) in [5.41, 5.74) is 3.18. The monoisotopic (exact) mass is 251 g/mol. The number of aliphatic hydroxyl groups excluding tert-OH is 1. The van der Waals surface area contributed by atoms with Gasteiger partial charge in [-0.2, -0.15) is 0 Å². The first-order chi connectivity index (χ1) is 8.36. The fourth-order valence-electron chi connectivity index (χ4n) is 1.98. The first-order valence-corrected chi connectivity index (χ1v) is 5.94. The van der Waals surface area contributed by atoms with E-state index in [0.717, 1.165) is 22.4 Å². The van der Waals surface area contributed by atoms with Gasteiger partial charge in [0.25, 0.3) is 5.91 Å². The Morgan fingerprint density at radius 2 is 2.06 bits per heavy atom. The lowest BCUT2D eigenvalue weighted by Gasteiger charge is -2.22. The Kier molecular flexibility index (Phi) is 4.73. The van der Waals surface area contributed by atoms with Crippen molar-refractivity contribution in [2.24, 2.45) is 0 Å². The smallest absolute Gasteiger partial charge is 0.251 e. The highest BCUT2D eigenvalue weighted by Gasteiger charge is 2.17. The summed E-state index contributed by atoms with van der Waals surface area (Å²) in [6.07, 6.45) is -0.980. The molecular weight excluding hydrogens is 230 g/mol. The first kappa shape index (κ1) is 14.5. The molecule has 0 bridgehead atoms. The van der Waals surface area contributed by atoms with Gasteiger partial charge in [-0.25, -0.2) is 0 Å². The second-order valence-electron chi connectivity index (χ2n) is 4.63. The fourth-order valence-corrected chi connectivity index (χ4v) is 1.98. The van der Waals surface area contributed by atoms with Crippen molar-refractivity contribution < 1.29 is 14.6 Å². The molecule has 18 heavy (non-hydrogen) atoms. The summed E-state index contributed by atoms with van der Waals surface area (Å²) in [7, 11) is 3.29. The Morgan fingerprint density at radius 3 is 2.56 bits per heavy atom. The van der Waals surface area contributed by atoms with Crippen molar-refractivity contribution in [3.8, 4) is 5.75 Å². The molecule has 0 saturated heterocycles. The third-order valence-electron chi connectivity index (χ3n) is 2.93. The summed E-state index contributed by atoms with van der Waals surface area (Å²) in [6.45, 7) is 5.90. The number of aliphatic hydroxyl groups is 1. The average Bonchev–Trinajstić information content (AvgIpc) is 2.30. The van der Waals surface area contributed by atoms with Crippen LogP contribution in [-0.4, -0.2) is 36.2 Å². The van der Waals surface area contributed by atoms with Crippen molar-refractivity contribution in [1.82, 2.24) is 4.90 Å². The lowest BCUT2D eigenvalue weighted by atomic mass is 10.0. The van der Waals surface area contributed by atoms with Crippen LogP contribution in [0.5, 0.6) is 5.75 Å². The molecule has 1 aromatic carbocycles. The van der Waals surface area contributed by atoms with E-state index in [1.54, 1.807) is 14.2 Å². The largest absolute Gasteiger partial charge is 0.496 e. The molecule has 0 aromatic heterocycles. The molecule has 100 valence electrons. The maximum atomic E-state index is 11.7.